The first-order valence-electron chi connectivity index (χ1n) is 10.3. The van der Waals surface area contributed by atoms with Gasteiger partial charge in [0.1, 0.15) is 5.75 Å². The molecular formula is C28H21IrN3O3-2. The number of pyridine rings is 3. The molecule has 0 aliphatic rings. The molecule has 3 heterocycles. The predicted molar refractivity (Wildman–Crippen MR) is 130 cm³/mol. The number of hydrogen-bond acceptors (Lipinski definition) is 5. The number of aromatic nitrogens is 3. The van der Waals surface area contributed by atoms with E-state index in [1.165, 1.54) is 18.3 Å². The zero-order valence-corrected chi connectivity index (χ0v) is 20.8. The maximum atomic E-state index is 10.2. The van der Waals surface area contributed by atoms with E-state index in [9.17, 15) is 4.79 Å². The molecule has 177 valence electrons. The van der Waals surface area contributed by atoms with E-state index in [0.717, 1.165) is 22.5 Å². The Hall–Kier alpha value is -4.19. The van der Waals surface area contributed by atoms with Crippen LogP contribution in [-0.2, 0) is 20.1 Å². The molecule has 0 unspecified atom stereocenters. The van der Waals surface area contributed by atoms with Crippen LogP contribution in [0.5, 0.6) is 5.75 Å². The Morgan fingerprint density at radius 1 is 0.629 bits per heavy atom. The summed E-state index contributed by atoms with van der Waals surface area (Å²) in [4.78, 5) is 22.1. The zero-order valence-electron chi connectivity index (χ0n) is 18.4. The van der Waals surface area contributed by atoms with Crippen molar-refractivity contribution < 1.29 is 35.1 Å². The molecule has 2 aromatic carbocycles. The topological polar surface area (TPSA) is 96.2 Å². The third-order valence-corrected chi connectivity index (χ3v) is 4.29. The fraction of sp³-hybridized carbons (Fsp3) is 0. The van der Waals surface area contributed by atoms with Crippen LogP contribution in [0.25, 0.3) is 22.5 Å². The normalized spacial score (nSPS) is 9.26. The standard InChI is InChI=1S/2C11H8N.C6H5NO3.Ir/c2*1-2-6-10(7-3-1)11-8-4-5-9-12-11;8-4-2-1-3-7-5(4)6(9)10;/h2*1-6,8-9H;1-3,8H,(H,9,10);/q2*-1;;. The molecule has 5 aromatic rings. The molecule has 5 rings (SSSR count). The van der Waals surface area contributed by atoms with Crippen molar-refractivity contribution >= 4 is 5.97 Å². The summed E-state index contributed by atoms with van der Waals surface area (Å²) in [5.41, 5.74) is 3.70. The molecule has 0 spiro atoms. The van der Waals surface area contributed by atoms with E-state index in [0.29, 0.717) is 0 Å². The number of aromatic hydroxyl groups is 1. The molecule has 0 aliphatic carbocycles. The van der Waals surface area contributed by atoms with Gasteiger partial charge in [-0.15, -0.1) is 71.8 Å². The summed E-state index contributed by atoms with van der Waals surface area (Å²) in [5.74, 6) is -1.53. The minimum absolute atomic E-state index is 0. The van der Waals surface area contributed by atoms with Crippen LogP contribution in [0.3, 0.4) is 0 Å². The Bertz CT molecular complexity index is 1120. The number of carboxylic acid groups (broad SMARTS) is 1. The summed E-state index contributed by atoms with van der Waals surface area (Å²) in [7, 11) is 0. The van der Waals surface area contributed by atoms with Gasteiger partial charge >= 0.3 is 5.97 Å². The largest absolute Gasteiger partial charge is 0.505 e. The van der Waals surface area contributed by atoms with Crippen molar-refractivity contribution in [3.8, 4) is 28.3 Å². The number of aromatic carboxylic acids is 1. The van der Waals surface area contributed by atoms with Gasteiger partial charge in [-0.1, -0.05) is 24.3 Å². The van der Waals surface area contributed by atoms with E-state index in [4.69, 9.17) is 10.2 Å². The molecule has 2 N–H and O–H groups in total. The van der Waals surface area contributed by atoms with Gasteiger partial charge in [0, 0.05) is 38.7 Å². The number of carboxylic acids is 1. The Balaban J connectivity index is 0.000000184. The van der Waals surface area contributed by atoms with E-state index < -0.39 is 5.97 Å². The fourth-order valence-electron chi connectivity index (χ4n) is 2.71. The molecule has 0 bridgehead atoms. The number of rotatable bonds is 3. The van der Waals surface area contributed by atoms with Crippen molar-refractivity contribution in [1.29, 1.82) is 0 Å². The first kappa shape index (κ1) is 27.1. The summed E-state index contributed by atoms with van der Waals surface area (Å²) < 4.78 is 0. The average molecular weight is 640 g/mol. The summed E-state index contributed by atoms with van der Waals surface area (Å²) in [6.45, 7) is 0. The number of benzene rings is 2. The van der Waals surface area contributed by atoms with E-state index >= 15 is 0 Å². The quantitative estimate of drug-likeness (QED) is 0.251. The second-order valence-electron chi connectivity index (χ2n) is 6.66. The second-order valence-corrected chi connectivity index (χ2v) is 6.66. The van der Waals surface area contributed by atoms with Gasteiger partial charge in [-0.2, -0.15) is 0 Å². The Labute approximate surface area is 217 Å². The van der Waals surface area contributed by atoms with E-state index in [2.05, 4.69) is 27.1 Å². The molecule has 35 heavy (non-hydrogen) atoms. The van der Waals surface area contributed by atoms with Crippen molar-refractivity contribution in [2.24, 2.45) is 0 Å². The van der Waals surface area contributed by atoms with Crippen LogP contribution < -0.4 is 0 Å². The van der Waals surface area contributed by atoms with Crippen molar-refractivity contribution in [1.82, 2.24) is 15.0 Å². The Morgan fingerprint density at radius 3 is 1.46 bits per heavy atom. The number of nitrogens with zero attached hydrogens (tertiary/aromatic N) is 3. The first-order chi connectivity index (χ1) is 16.6. The summed E-state index contributed by atoms with van der Waals surface area (Å²) >= 11 is 0. The van der Waals surface area contributed by atoms with Gasteiger partial charge in [0.25, 0.3) is 0 Å². The zero-order chi connectivity index (χ0) is 24.0. The fourth-order valence-corrected chi connectivity index (χ4v) is 2.71. The molecule has 0 saturated heterocycles. The third-order valence-electron chi connectivity index (χ3n) is 4.29. The molecule has 0 saturated carbocycles. The summed E-state index contributed by atoms with van der Waals surface area (Å²) in [6, 6.07) is 36.4. The maximum absolute atomic E-state index is 10.2. The average Bonchev–Trinajstić information content (AvgIpc) is 2.92. The SMILES string of the molecule is O=C(O)c1ncccc1O.[Ir].[c-]1ccccc1-c1ccccn1.[c-]1ccccc1-c1ccccn1. The minimum atomic E-state index is -1.22. The van der Waals surface area contributed by atoms with Crippen LogP contribution in [0.1, 0.15) is 10.5 Å². The maximum Gasteiger partial charge on any atom is 0.358 e. The molecule has 0 aliphatic heterocycles. The Kier molecular flexibility index (Phi) is 11.5. The summed E-state index contributed by atoms with van der Waals surface area (Å²) in [5, 5.41) is 17.2. The summed E-state index contributed by atoms with van der Waals surface area (Å²) in [6.07, 6.45) is 4.88. The van der Waals surface area contributed by atoms with Gasteiger partial charge in [-0.25, -0.2) is 9.78 Å². The molecular weight excluding hydrogens is 619 g/mol. The van der Waals surface area contributed by atoms with Crippen molar-refractivity contribution in [3.05, 3.63) is 133 Å². The van der Waals surface area contributed by atoms with E-state index in [-0.39, 0.29) is 31.5 Å². The molecule has 7 heteroatoms. The Morgan fingerprint density at radius 2 is 1.11 bits per heavy atom. The molecule has 6 nitrogen and oxygen atoms in total. The number of hydrogen-bond donors (Lipinski definition) is 2. The molecule has 0 fully saturated rings. The van der Waals surface area contributed by atoms with Crippen LogP contribution in [0.4, 0.5) is 0 Å². The van der Waals surface area contributed by atoms with Gasteiger partial charge in [-0.3, -0.25) is 0 Å². The van der Waals surface area contributed by atoms with Crippen LogP contribution in [0.15, 0.2) is 116 Å². The van der Waals surface area contributed by atoms with Gasteiger partial charge < -0.3 is 20.2 Å². The third kappa shape index (κ3) is 8.93. The molecule has 3 aromatic heterocycles. The number of carbonyl (C=O) groups is 1. The van der Waals surface area contributed by atoms with Gasteiger partial charge in [0.05, 0.1) is 0 Å². The molecule has 1 radical (unpaired) electrons. The molecule has 0 amide bonds. The van der Waals surface area contributed by atoms with Crippen LogP contribution >= 0.6 is 0 Å². The van der Waals surface area contributed by atoms with Gasteiger partial charge in [-0.05, 0) is 35.7 Å². The monoisotopic (exact) mass is 640 g/mol. The van der Waals surface area contributed by atoms with Crippen LogP contribution in [0.2, 0.25) is 0 Å². The van der Waals surface area contributed by atoms with Gasteiger partial charge in [0.15, 0.2) is 5.69 Å². The smallest absolute Gasteiger partial charge is 0.358 e. The molecule has 0 atom stereocenters. The van der Waals surface area contributed by atoms with E-state index in [1.807, 2.05) is 84.9 Å². The van der Waals surface area contributed by atoms with Crippen LogP contribution in [-0.4, -0.2) is 31.1 Å². The van der Waals surface area contributed by atoms with E-state index in [1.54, 1.807) is 12.4 Å². The van der Waals surface area contributed by atoms with Crippen LogP contribution in [0, 0.1) is 12.1 Å². The minimum Gasteiger partial charge on any atom is -0.505 e. The second kappa shape index (κ2) is 14.9. The van der Waals surface area contributed by atoms with Crippen molar-refractivity contribution in [2.45, 2.75) is 0 Å². The van der Waals surface area contributed by atoms with Gasteiger partial charge in [0.2, 0.25) is 0 Å². The van der Waals surface area contributed by atoms with Crippen molar-refractivity contribution in [3.63, 3.8) is 0 Å². The predicted octanol–water partition coefficient (Wildman–Crippen LogP) is 5.58. The first-order valence-corrected chi connectivity index (χ1v) is 10.3. The van der Waals surface area contributed by atoms with Crippen molar-refractivity contribution in [2.75, 3.05) is 0 Å².